The molecule has 17 heavy (non-hydrogen) atoms. The van der Waals surface area contributed by atoms with Crippen molar-refractivity contribution in [2.24, 2.45) is 0 Å². The fraction of sp³-hybridized carbons (Fsp3) is 0.154. The minimum atomic E-state index is 0.0839. The molecule has 1 aromatic heterocycles. The standard InChI is InChI=1S/C13H14N2OS/c14-12-2-1-7-15-13(12)17-9-11-5-3-10(8-16)4-6-11/h1-7,16H,8-9,14H2. The molecule has 0 bridgehead atoms. The minimum absolute atomic E-state index is 0.0839. The number of thioether (sulfide) groups is 1. The molecular weight excluding hydrogens is 232 g/mol. The lowest BCUT2D eigenvalue weighted by atomic mass is 10.2. The van der Waals surface area contributed by atoms with E-state index in [1.807, 2.05) is 36.4 Å². The lowest BCUT2D eigenvalue weighted by Gasteiger charge is -2.04. The third-order valence-corrected chi connectivity index (χ3v) is 3.47. The molecule has 3 nitrogen and oxygen atoms in total. The second-order valence-electron chi connectivity index (χ2n) is 3.66. The molecular formula is C13H14N2OS. The molecule has 0 radical (unpaired) electrons. The zero-order chi connectivity index (χ0) is 12.1. The van der Waals surface area contributed by atoms with E-state index in [1.165, 1.54) is 5.56 Å². The summed E-state index contributed by atoms with van der Waals surface area (Å²) in [5.74, 6) is 0.826. The monoisotopic (exact) mass is 246 g/mol. The van der Waals surface area contributed by atoms with Crippen LogP contribution in [0.15, 0.2) is 47.6 Å². The molecule has 1 heterocycles. The van der Waals surface area contributed by atoms with E-state index in [0.29, 0.717) is 5.69 Å². The van der Waals surface area contributed by atoms with Gasteiger partial charge in [0.25, 0.3) is 0 Å². The van der Waals surface area contributed by atoms with Gasteiger partial charge in [0.15, 0.2) is 0 Å². The maximum Gasteiger partial charge on any atom is 0.119 e. The van der Waals surface area contributed by atoms with Gasteiger partial charge >= 0.3 is 0 Å². The Labute approximate surface area is 105 Å². The molecule has 0 saturated carbocycles. The average Bonchev–Trinajstić information content (AvgIpc) is 2.38. The lowest BCUT2D eigenvalue weighted by molar-refractivity contribution is 0.282. The van der Waals surface area contributed by atoms with Crippen molar-refractivity contribution in [3.63, 3.8) is 0 Å². The number of aliphatic hydroxyl groups is 1. The molecule has 0 unspecified atom stereocenters. The predicted octanol–water partition coefficient (Wildman–Crippen LogP) is 2.45. The van der Waals surface area contributed by atoms with Gasteiger partial charge < -0.3 is 10.8 Å². The second kappa shape index (κ2) is 5.70. The van der Waals surface area contributed by atoms with Crippen LogP contribution in [0.5, 0.6) is 0 Å². The van der Waals surface area contributed by atoms with Crippen molar-refractivity contribution in [2.45, 2.75) is 17.4 Å². The summed E-state index contributed by atoms with van der Waals surface area (Å²) >= 11 is 1.61. The van der Waals surface area contributed by atoms with Gasteiger partial charge in [-0.05, 0) is 23.3 Å². The van der Waals surface area contributed by atoms with Crippen molar-refractivity contribution in [3.05, 3.63) is 53.7 Å². The summed E-state index contributed by atoms with van der Waals surface area (Å²) in [4.78, 5) is 4.23. The maximum atomic E-state index is 8.94. The number of nitrogens with two attached hydrogens (primary N) is 1. The smallest absolute Gasteiger partial charge is 0.119 e. The van der Waals surface area contributed by atoms with Gasteiger partial charge in [-0.3, -0.25) is 0 Å². The number of nitrogens with zero attached hydrogens (tertiary/aromatic N) is 1. The lowest BCUT2D eigenvalue weighted by Crippen LogP contribution is -1.91. The summed E-state index contributed by atoms with van der Waals surface area (Å²) in [6, 6.07) is 11.6. The number of hydrogen-bond acceptors (Lipinski definition) is 4. The van der Waals surface area contributed by atoms with E-state index in [9.17, 15) is 0 Å². The van der Waals surface area contributed by atoms with Crippen LogP contribution in [0, 0.1) is 0 Å². The molecule has 0 aliphatic heterocycles. The number of pyridine rings is 1. The van der Waals surface area contributed by atoms with E-state index >= 15 is 0 Å². The van der Waals surface area contributed by atoms with Crippen LogP contribution in [0.4, 0.5) is 5.69 Å². The molecule has 0 aliphatic carbocycles. The van der Waals surface area contributed by atoms with Crippen molar-refractivity contribution in [3.8, 4) is 0 Å². The van der Waals surface area contributed by atoms with E-state index in [2.05, 4.69) is 4.98 Å². The molecule has 0 atom stereocenters. The highest BCUT2D eigenvalue weighted by Crippen LogP contribution is 2.25. The Bertz CT molecular complexity index is 485. The van der Waals surface area contributed by atoms with Gasteiger partial charge in [0.2, 0.25) is 0 Å². The van der Waals surface area contributed by atoms with E-state index in [0.717, 1.165) is 16.3 Å². The van der Waals surface area contributed by atoms with Crippen LogP contribution < -0.4 is 5.73 Å². The molecule has 2 rings (SSSR count). The van der Waals surface area contributed by atoms with E-state index in [4.69, 9.17) is 10.8 Å². The Morgan fingerprint density at radius 2 is 1.82 bits per heavy atom. The number of rotatable bonds is 4. The quantitative estimate of drug-likeness (QED) is 0.814. The van der Waals surface area contributed by atoms with Crippen LogP contribution >= 0.6 is 11.8 Å². The maximum absolute atomic E-state index is 8.94. The molecule has 0 fully saturated rings. The first-order chi connectivity index (χ1) is 8.29. The van der Waals surface area contributed by atoms with Crippen molar-refractivity contribution in [2.75, 3.05) is 5.73 Å². The Kier molecular flexibility index (Phi) is 4.01. The molecule has 1 aromatic carbocycles. The van der Waals surface area contributed by atoms with Gasteiger partial charge in [0, 0.05) is 11.9 Å². The molecule has 2 aromatic rings. The summed E-state index contributed by atoms with van der Waals surface area (Å²) in [6.45, 7) is 0.0839. The fourth-order valence-electron chi connectivity index (χ4n) is 1.42. The molecule has 88 valence electrons. The Morgan fingerprint density at radius 3 is 2.47 bits per heavy atom. The zero-order valence-electron chi connectivity index (χ0n) is 9.34. The summed E-state index contributed by atoms with van der Waals surface area (Å²) < 4.78 is 0. The van der Waals surface area contributed by atoms with E-state index in [-0.39, 0.29) is 6.61 Å². The average molecular weight is 246 g/mol. The molecule has 0 saturated heterocycles. The van der Waals surface area contributed by atoms with Crippen LogP contribution in [0.1, 0.15) is 11.1 Å². The molecule has 4 heteroatoms. The largest absolute Gasteiger partial charge is 0.397 e. The van der Waals surface area contributed by atoms with Crippen molar-refractivity contribution in [1.82, 2.24) is 4.98 Å². The van der Waals surface area contributed by atoms with Crippen molar-refractivity contribution in [1.29, 1.82) is 0 Å². The van der Waals surface area contributed by atoms with Crippen LogP contribution in [-0.2, 0) is 12.4 Å². The summed E-state index contributed by atoms with van der Waals surface area (Å²) in [5, 5.41) is 9.80. The fourth-order valence-corrected chi connectivity index (χ4v) is 2.28. The van der Waals surface area contributed by atoms with E-state index in [1.54, 1.807) is 18.0 Å². The van der Waals surface area contributed by atoms with Gasteiger partial charge in [-0.15, -0.1) is 0 Å². The van der Waals surface area contributed by atoms with Crippen LogP contribution in [-0.4, -0.2) is 10.1 Å². The van der Waals surface area contributed by atoms with Crippen molar-refractivity contribution >= 4 is 17.4 Å². The summed E-state index contributed by atoms with van der Waals surface area (Å²) in [6.07, 6.45) is 1.74. The number of anilines is 1. The molecule has 0 spiro atoms. The third-order valence-electron chi connectivity index (χ3n) is 2.38. The summed E-state index contributed by atoms with van der Waals surface area (Å²) in [5.41, 5.74) is 8.65. The highest BCUT2D eigenvalue weighted by atomic mass is 32.2. The number of nitrogen functional groups attached to an aromatic ring is 1. The number of benzene rings is 1. The Balaban J connectivity index is 2.00. The number of aliphatic hydroxyl groups excluding tert-OH is 1. The van der Waals surface area contributed by atoms with Gasteiger partial charge in [0.05, 0.1) is 12.3 Å². The van der Waals surface area contributed by atoms with Crippen LogP contribution in [0.3, 0.4) is 0 Å². The van der Waals surface area contributed by atoms with Gasteiger partial charge in [0.1, 0.15) is 5.03 Å². The normalized spacial score (nSPS) is 10.4. The predicted molar refractivity (Wildman–Crippen MR) is 70.6 cm³/mol. The van der Waals surface area contributed by atoms with E-state index < -0.39 is 0 Å². The zero-order valence-corrected chi connectivity index (χ0v) is 10.2. The number of aromatic nitrogens is 1. The highest BCUT2D eigenvalue weighted by Gasteiger charge is 2.01. The van der Waals surface area contributed by atoms with Gasteiger partial charge in [-0.25, -0.2) is 4.98 Å². The SMILES string of the molecule is Nc1cccnc1SCc1ccc(CO)cc1. The van der Waals surface area contributed by atoms with Gasteiger partial charge in [-0.2, -0.15) is 0 Å². The molecule has 3 N–H and O–H groups in total. The molecule has 0 amide bonds. The molecule has 0 aliphatic rings. The minimum Gasteiger partial charge on any atom is -0.397 e. The topological polar surface area (TPSA) is 59.1 Å². The first-order valence-electron chi connectivity index (χ1n) is 5.31. The second-order valence-corrected chi connectivity index (χ2v) is 4.63. The van der Waals surface area contributed by atoms with Gasteiger partial charge in [-0.1, -0.05) is 36.0 Å². The van der Waals surface area contributed by atoms with Crippen molar-refractivity contribution < 1.29 is 5.11 Å². The van der Waals surface area contributed by atoms with Crippen LogP contribution in [0.2, 0.25) is 0 Å². The first-order valence-corrected chi connectivity index (χ1v) is 6.30. The Morgan fingerprint density at radius 1 is 1.12 bits per heavy atom. The third kappa shape index (κ3) is 3.22. The highest BCUT2D eigenvalue weighted by molar-refractivity contribution is 7.98. The Hall–Kier alpha value is -1.52. The first kappa shape index (κ1) is 12.0. The summed E-state index contributed by atoms with van der Waals surface area (Å²) in [7, 11) is 0. The number of hydrogen-bond donors (Lipinski definition) is 2. The van der Waals surface area contributed by atoms with Crippen LogP contribution in [0.25, 0.3) is 0 Å².